The second kappa shape index (κ2) is 5.67. The Labute approximate surface area is 99.6 Å². The number of hydrogen-bond acceptors (Lipinski definition) is 2. The molecule has 1 aliphatic heterocycles. The summed E-state index contributed by atoms with van der Waals surface area (Å²) in [6, 6.07) is 0.342. The van der Waals surface area contributed by atoms with Gasteiger partial charge in [0.25, 0.3) is 0 Å². The molecule has 0 spiro atoms. The summed E-state index contributed by atoms with van der Waals surface area (Å²) in [6.45, 7) is 10.8. The van der Waals surface area contributed by atoms with Crippen molar-refractivity contribution in [2.45, 2.75) is 65.0 Å². The second-order valence-corrected chi connectivity index (χ2v) is 5.73. The van der Waals surface area contributed by atoms with Crippen LogP contribution >= 0.6 is 0 Å². The first-order chi connectivity index (χ1) is 7.43. The zero-order valence-corrected chi connectivity index (χ0v) is 11.2. The Morgan fingerprint density at radius 2 is 2.06 bits per heavy atom. The number of hydrogen-bond donors (Lipinski definition) is 1. The molecular weight excluding hydrogens is 200 g/mol. The quantitative estimate of drug-likeness (QED) is 0.782. The van der Waals surface area contributed by atoms with E-state index in [4.69, 9.17) is 0 Å². The van der Waals surface area contributed by atoms with Crippen LogP contribution in [0.25, 0.3) is 0 Å². The van der Waals surface area contributed by atoms with Crippen molar-refractivity contribution in [1.29, 1.82) is 0 Å². The van der Waals surface area contributed by atoms with Crippen LogP contribution in [0, 0.1) is 0 Å². The van der Waals surface area contributed by atoms with E-state index >= 15 is 0 Å². The van der Waals surface area contributed by atoms with Crippen LogP contribution in [-0.4, -0.2) is 35.5 Å². The molecule has 0 aromatic rings. The minimum atomic E-state index is 0.181. The summed E-state index contributed by atoms with van der Waals surface area (Å²) in [4.78, 5) is 13.9. The summed E-state index contributed by atoms with van der Waals surface area (Å²) < 4.78 is 0. The van der Waals surface area contributed by atoms with E-state index in [2.05, 4.69) is 31.0 Å². The third-order valence-electron chi connectivity index (χ3n) is 3.31. The average Bonchev–Trinajstić information content (AvgIpc) is 2.42. The monoisotopic (exact) mass is 226 g/mol. The lowest BCUT2D eigenvalue weighted by molar-refractivity contribution is -0.121. The highest BCUT2D eigenvalue weighted by Crippen LogP contribution is 2.19. The average molecular weight is 226 g/mol. The first kappa shape index (κ1) is 13.5. The van der Waals surface area contributed by atoms with E-state index in [9.17, 15) is 4.79 Å². The lowest BCUT2D eigenvalue weighted by Gasteiger charge is -2.36. The Hall–Kier alpha value is -0.570. The molecule has 0 aliphatic carbocycles. The topological polar surface area (TPSA) is 32.3 Å². The molecule has 1 rings (SSSR count). The zero-order valence-electron chi connectivity index (χ0n) is 11.2. The highest BCUT2D eigenvalue weighted by molar-refractivity contribution is 5.75. The molecule has 1 fully saturated rings. The number of rotatable bonds is 2. The molecule has 1 heterocycles. The summed E-state index contributed by atoms with van der Waals surface area (Å²) in [5.74, 6) is 0.181. The lowest BCUT2D eigenvalue weighted by Crippen LogP contribution is -2.49. The highest BCUT2D eigenvalue weighted by Gasteiger charge is 2.26. The van der Waals surface area contributed by atoms with E-state index in [1.54, 1.807) is 0 Å². The van der Waals surface area contributed by atoms with Crippen LogP contribution in [0.1, 0.15) is 53.4 Å². The van der Waals surface area contributed by atoms with Crippen LogP contribution in [-0.2, 0) is 4.79 Å². The molecule has 3 nitrogen and oxygen atoms in total. The van der Waals surface area contributed by atoms with E-state index in [0.717, 1.165) is 19.5 Å². The van der Waals surface area contributed by atoms with Gasteiger partial charge in [-0.3, -0.25) is 9.69 Å². The number of nitrogens with zero attached hydrogens (tertiary/aromatic N) is 1. The maximum absolute atomic E-state index is 11.4. The van der Waals surface area contributed by atoms with Crippen molar-refractivity contribution >= 4 is 5.91 Å². The number of nitrogens with one attached hydrogen (secondary N) is 1. The number of carbonyl (C=O) groups excluding carboxylic acids is 1. The van der Waals surface area contributed by atoms with Gasteiger partial charge >= 0.3 is 0 Å². The largest absolute Gasteiger partial charge is 0.352 e. The highest BCUT2D eigenvalue weighted by atomic mass is 16.1. The SMILES string of the molecule is CCC(=O)NC1CCCCN(C(C)(C)C)C1. The van der Waals surface area contributed by atoms with Gasteiger partial charge in [-0.1, -0.05) is 13.3 Å². The van der Waals surface area contributed by atoms with Gasteiger partial charge in [0.1, 0.15) is 0 Å². The maximum atomic E-state index is 11.4. The van der Waals surface area contributed by atoms with Gasteiger partial charge in [-0.15, -0.1) is 0 Å². The summed E-state index contributed by atoms with van der Waals surface area (Å²) in [5.41, 5.74) is 0.208. The molecule has 0 aromatic heterocycles. The molecule has 0 bridgehead atoms. The van der Waals surface area contributed by atoms with Crippen molar-refractivity contribution in [2.24, 2.45) is 0 Å². The van der Waals surface area contributed by atoms with Gasteiger partial charge in [-0.2, -0.15) is 0 Å². The molecule has 1 atom stereocenters. The van der Waals surface area contributed by atoms with Crippen molar-refractivity contribution in [3.63, 3.8) is 0 Å². The smallest absolute Gasteiger partial charge is 0.219 e. The summed E-state index contributed by atoms with van der Waals surface area (Å²) in [7, 11) is 0. The van der Waals surface area contributed by atoms with Crippen molar-refractivity contribution in [3.05, 3.63) is 0 Å². The number of amides is 1. The number of likely N-dealkylation sites (tertiary alicyclic amines) is 1. The molecule has 1 aliphatic rings. The maximum Gasteiger partial charge on any atom is 0.219 e. The van der Waals surface area contributed by atoms with Crippen LogP contribution in [0.15, 0.2) is 0 Å². The minimum Gasteiger partial charge on any atom is -0.352 e. The van der Waals surface area contributed by atoms with Gasteiger partial charge in [0.05, 0.1) is 0 Å². The van der Waals surface area contributed by atoms with Gasteiger partial charge in [0.2, 0.25) is 5.91 Å². The molecule has 1 unspecified atom stereocenters. The van der Waals surface area contributed by atoms with Crippen molar-refractivity contribution < 1.29 is 4.79 Å². The third-order valence-corrected chi connectivity index (χ3v) is 3.31. The number of carbonyl (C=O) groups is 1. The van der Waals surface area contributed by atoms with E-state index in [-0.39, 0.29) is 11.4 Å². The van der Waals surface area contributed by atoms with E-state index in [0.29, 0.717) is 12.5 Å². The van der Waals surface area contributed by atoms with Crippen molar-refractivity contribution in [3.8, 4) is 0 Å². The molecule has 1 saturated heterocycles. The Kier molecular flexibility index (Phi) is 4.78. The Bertz CT molecular complexity index is 233. The van der Waals surface area contributed by atoms with Crippen LogP contribution in [0.3, 0.4) is 0 Å². The first-order valence-electron chi connectivity index (χ1n) is 6.48. The molecule has 3 heteroatoms. The fourth-order valence-electron chi connectivity index (χ4n) is 2.20. The van der Waals surface area contributed by atoms with Crippen LogP contribution in [0.4, 0.5) is 0 Å². The van der Waals surface area contributed by atoms with Gasteiger partial charge in [-0.25, -0.2) is 0 Å². The van der Waals surface area contributed by atoms with E-state index < -0.39 is 0 Å². The van der Waals surface area contributed by atoms with Gasteiger partial charge in [0.15, 0.2) is 0 Å². The van der Waals surface area contributed by atoms with Gasteiger partial charge < -0.3 is 5.32 Å². The summed E-state index contributed by atoms with van der Waals surface area (Å²) >= 11 is 0. The zero-order chi connectivity index (χ0) is 12.2. The first-order valence-corrected chi connectivity index (χ1v) is 6.48. The Balaban J connectivity index is 2.55. The third kappa shape index (κ3) is 4.12. The van der Waals surface area contributed by atoms with Crippen LogP contribution in [0.5, 0.6) is 0 Å². The minimum absolute atomic E-state index is 0.181. The Morgan fingerprint density at radius 1 is 1.38 bits per heavy atom. The second-order valence-electron chi connectivity index (χ2n) is 5.73. The molecule has 0 radical (unpaired) electrons. The molecule has 94 valence electrons. The molecule has 16 heavy (non-hydrogen) atoms. The molecular formula is C13H26N2O. The summed E-state index contributed by atoms with van der Waals surface area (Å²) in [6.07, 6.45) is 4.18. The fraction of sp³-hybridized carbons (Fsp3) is 0.923. The lowest BCUT2D eigenvalue weighted by atomic mass is 10.1. The van der Waals surface area contributed by atoms with Crippen LogP contribution < -0.4 is 5.32 Å². The standard InChI is InChI=1S/C13H26N2O/c1-5-12(16)14-11-8-6-7-9-15(10-11)13(2,3)4/h11H,5-10H2,1-4H3,(H,14,16). The predicted molar refractivity (Wildman–Crippen MR) is 67.4 cm³/mol. The Morgan fingerprint density at radius 3 is 2.62 bits per heavy atom. The molecule has 1 amide bonds. The van der Waals surface area contributed by atoms with Crippen molar-refractivity contribution in [2.75, 3.05) is 13.1 Å². The van der Waals surface area contributed by atoms with E-state index in [1.165, 1.54) is 12.8 Å². The molecule has 0 saturated carbocycles. The molecule has 0 aromatic carbocycles. The summed E-state index contributed by atoms with van der Waals surface area (Å²) in [5, 5.41) is 3.13. The van der Waals surface area contributed by atoms with E-state index in [1.807, 2.05) is 6.92 Å². The fourth-order valence-corrected chi connectivity index (χ4v) is 2.20. The van der Waals surface area contributed by atoms with Gasteiger partial charge in [0, 0.05) is 24.5 Å². The van der Waals surface area contributed by atoms with Crippen molar-refractivity contribution in [1.82, 2.24) is 10.2 Å². The van der Waals surface area contributed by atoms with Crippen LogP contribution in [0.2, 0.25) is 0 Å². The predicted octanol–water partition coefficient (Wildman–Crippen LogP) is 2.17. The molecule has 1 N–H and O–H groups in total. The normalized spacial score (nSPS) is 23.9. The van der Waals surface area contributed by atoms with Gasteiger partial charge in [-0.05, 0) is 40.2 Å².